The van der Waals surface area contributed by atoms with Gasteiger partial charge in [-0.25, -0.2) is 4.98 Å². The lowest BCUT2D eigenvalue weighted by Gasteiger charge is -2.21. The number of rotatable bonds is 1. The number of imidazole rings is 1. The highest BCUT2D eigenvalue weighted by Gasteiger charge is 2.17. The highest BCUT2D eigenvalue weighted by molar-refractivity contribution is 9.10. The van der Waals surface area contributed by atoms with Crippen molar-refractivity contribution in [3.8, 4) is 0 Å². The van der Waals surface area contributed by atoms with Crippen LogP contribution < -0.4 is 0 Å². The van der Waals surface area contributed by atoms with Crippen LogP contribution in [0, 0.1) is 4.77 Å². The van der Waals surface area contributed by atoms with E-state index in [-0.39, 0.29) is 0 Å². The number of H-pyrrole nitrogens is 1. The SMILES string of the molecule is S=c1[nH]c2cc(Br)cnc2n1C1CCCCCCC1. The van der Waals surface area contributed by atoms with E-state index in [1.807, 2.05) is 6.20 Å². The molecule has 1 saturated carbocycles. The first-order valence-corrected chi connectivity index (χ1v) is 8.21. The van der Waals surface area contributed by atoms with Gasteiger partial charge in [-0.05, 0) is 47.1 Å². The molecule has 0 saturated heterocycles. The Morgan fingerprint density at radius 2 is 1.89 bits per heavy atom. The van der Waals surface area contributed by atoms with Gasteiger partial charge in [0, 0.05) is 16.7 Å². The van der Waals surface area contributed by atoms with E-state index in [0.717, 1.165) is 20.4 Å². The number of pyridine rings is 1. The van der Waals surface area contributed by atoms with E-state index in [2.05, 4.69) is 36.5 Å². The lowest BCUT2D eigenvalue weighted by Crippen LogP contribution is -2.11. The predicted octanol–water partition coefficient (Wildman–Crippen LogP) is 5.14. The number of aromatic amines is 1. The number of fused-ring (bicyclic) bond motifs is 1. The molecule has 0 bridgehead atoms. The lowest BCUT2D eigenvalue weighted by molar-refractivity contribution is 0.374. The number of nitrogens with one attached hydrogen (secondary N) is 1. The van der Waals surface area contributed by atoms with Crippen LogP contribution in [0.4, 0.5) is 0 Å². The third kappa shape index (κ3) is 2.77. The fraction of sp³-hybridized carbons (Fsp3) is 0.571. The van der Waals surface area contributed by atoms with Crippen molar-refractivity contribution in [3.05, 3.63) is 21.5 Å². The number of hydrogen-bond acceptors (Lipinski definition) is 2. The van der Waals surface area contributed by atoms with Crippen molar-refractivity contribution >= 4 is 39.3 Å². The summed E-state index contributed by atoms with van der Waals surface area (Å²) in [6.07, 6.45) is 11.0. The molecule has 0 spiro atoms. The van der Waals surface area contributed by atoms with Crippen molar-refractivity contribution < 1.29 is 0 Å². The molecule has 1 aliphatic rings. The van der Waals surface area contributed by atoms with Crippen LogP contribution in [0.1, 0.15) is 51.0 Å². The third-order valence-electron chi connectivity index (χ3n) is 3.96. The molecule has 3 rings (SSSR count). The first-order chi connectivity index (χ1) is 9.25. The second-order valence-corrected chi connectivity index (χ2v) is 6.63. The van der Waals surface area contributed by atoms with E-state index < -0.39 is 0 Å². The van der Waals surface area contributed by atoms with Gasteiger partial charge in [0.05, 0.1) is 5.52 Å². The van der Waals surface area contributed by atoms with Crippen LogP contribution in [0.25, 0.3) is 11.2 Å². The maximum Gasteiger partial charge on any atom is 0.179 e. The van der Waals surface area contributed by atoms with Crippen molar-refractivity contribution in [2.24, 2.45) is 0 Å². The van der Waals surface area contributed by atoms with Gasteiger partial charge in [-0.2, -0.15) is 0 Å². The molecule has 3 nitrogen and oxygen atoms in total. The maximum absolute atomic E-state index is 5.51. The molecule has 0 aromatic carbocycles. The molecule has 19 heavy (non-hydrogen) atoms. The van der Waals surface area contributed by atoms with Crippen LogP contribution in [0.2, 0.25) is 0 Å². The van der Waals surface area contributed by atoms with Gasteiger partial charge in [-0.3, -0.25) is 4.57 Å². The summed E-state index contributed by atoms with van der Waals surface area (Å²) in [4.78, 5) is 7.84. The molecular formula is C14H18BrN3S. The maximum atomic E-state index is 5.51. The standard InChI is InChI=1S/C14H18BrN3S/c15-10-8-12-13(16-9-10)18(14(19)17-12)11-6-4-2-1-3-5-7-11/h8-9,11H,1-7H2,(H,17,19). The zero-order valence-corrected chi connectivity index (χ0v) is 13.3. The summed E-state index contributed by atoms with van der Waals surface area (Å²) >= 11 is 8.97. The molecule has 2 aromatic rings. The highest BCUT2D eigenvalue weighted by atomic mass is 79.9. The van der Waals surface area contributed by atoms with Gasteiger partial charge < -0.3 is 4.98 Å². The summed E-state index contributed by atoms with van der Waals surface area (Å²) in [5.41, 5.74) is 2.03. The Labute approximate surface area is 126 Å². The van der Waals surface area contributed by atoms with Gasteiger partial charge in [0.25, 0.3) is 0 Å². The normalized spacial score (nSPS) is 18.4. The Bertz CT molecular complexity index is 623. The van der Waals surface area contributed by atoms with Crippen LogP contribution in [0.3, 0.4) is 0 Å². The average molecular weight is 340 g/mol. The Balaban J connectivity index is 2.02. The van der Waals surface area contributed by atoms with Gasteiger partial charge in [0.2, 0.25) is 0 Å². The van der Waals surface area contributed by atoms with Crippen molar-refractivity contribution in [1.82, 2.24) is 14.5 Å². The van der Waals surface area contributed by atoms with E-state index in [9.17, 15) is 0 Å². The summed E-state index contributed by atoms with van der Waals surface area (Å²) < 4.78 is 4.04. The molecule has 0 radical (unpaired) electrons. The largest absolute Gasteiger partial charge is 0.329 e. The van der Waals surface area contributed by atoms with E-state index in [4.69, 9.17) is 12.2 Å². The van der Waals surface area contributed by atoms with Crippen molar-refractivity contribution in [2.45, 2.75) is 51.0 Å². The molecular weight excluding hydrogens is 322 g/mol. The average Bonchev–Trinajstić information content (AvgIpc) is 2.64. The predicted molar refractivity (Wildman–Crippen MR) is 84.0 cm³/mol. The molecule has 1 fully saturated rings. The molecule has 102 valence electrons. The number of hydrogen-bond donors (Lipinski definition) is 1. The second-order valence-electron chi connectivity index (χ2n) is 5.32. The fourth-order valence-electron chi connectivity index (χ4n) is 3.02. The zero-order chi connectivity index (χ0) is 13.2. The number of halogens is 1. The third-order valence-corrected chi connectivity index (χ3v) is 4.69. The van der Waals surface area contributed by atoms with Crippen LogP contribution >= 0.6 is 28.1 Å². The molecule has 1 N–H and O–H groups in total. The van der Waals surface area contributed by atoms with Crippen LogP contribution in [0.5, 0.6) is 0 Å². The molecule has 1 aliphatic carbocycles. The summed E-state index contributed by atoms with van der Waals surface area (Å²) in [5, 5.41) is 0. The molecule has 2 heterocycles. The smallest absolute Gasteiger partial charge is 0.179 e. The quantitative estimate of drug-likeness (QED) is 0.729. The van der Waals surface area contributed by atoms with Gasteiger partial charge in [0.15, 0.2) is 10.4 Å². The fourth-order valence-corrected chi connectivity index (χ4v) is 3.70. The Hall–Kier alpha value is -0.680. The minimum Gasteiger partial charge on any atom is -0.329 e. The molecule has 0 amide bonds. The van der Waals surface area contributed by atoms with Gasteiger partial charge in [0.1, 0.15) is 0 Å². The van der Waals surface area contributed by atoms with E-state index in [1.54, 1.807) is 0 Å². The summed E-state index contributed by atoms with van der Waals surface area (Å²) in [6.45, 7) is 0. The number of nitrogens with zero attached hydrogens (tertiary/aromatic N) is 2. The topological polar surface area (TPSA) is 33.6 Å². The van der Waals surface area contributed by atoms with E-state index in [0.29, 0.717) is 6.04 Å². The molecule has 5 heteroatoms. The minimum atomic E-state index is 0.509. The van der Waals surface area contributed by atoms with Crippen molar-refractivity contribution in [1.29, 1.82) is 0 Å². The lowest BCUT2D eigenvalue weighted by atomic mass is 9.96. The summed E-state index contributed by atoms with van der Waals surface area (Å²) in [6, 6.07) is 2.56. The van der Waals surface area contributed by atoms with Crippen molar-refractivity contribution in [3.63, 3.8) is 0 Å². The molecule has 2 aromatic heterocycles. The van der Waals surface area contributed by atoms with Crippen LogP contribution in [-0.4, -0.2) is 14.5 Å². The van der Waals surface area contributed by atoms with Gasteiger partial charge >= 0.3 is 0 Å². The van der Waals surface area contributed by atoms with Crippen LogP contribution in [-0.2, 0) is 0 Å². The highest BCUT2D eigenvalue weighted by Crippen LogP contribution is 2.29. The van der Waals surface area contributed by atoms with Crippen LogP contribution in [0.15, 0.2) is 16.7 Å². The summed E-state index contributed by atoms with van der Waals surface area (Å²) in [5.74, 6) is 0. The van der Waals surface area contributed by atoms with Crippen molar-refractivity contribution in [2.75, 3.05) is 0 Å². The molecule has 0 atom stereocenters. The summed E-state index contributed by atoms with van der Waals surface area (Å²) in [7, 11) is 0. The molecule has 0 aliphatic heterocycles. The monoisotopic (exact) mass is 339 g/mol. The van der Waals surface area contributed by atoms with E-state index in [1.165, 1.54) is 44.9 Å². The Morgan fingerprint density at radius 3 is 2.63 bits per heavy atom. The zero-order valence-electron chi connectivity index (χ0n) is 10.9. The first kappa shape index (κ1) is 13.3. The van der Waals surface area contributed by atoms with Gasteiger partial charge in [-0.1, -0.05) is 32.1 Å². The van der Waals surface area contributed by atoms with Gasteiger partial charge in [-0.15, -0.1) is 0 Å². The Kier molecular flexibility index (Phi) is 4.03. The minimum absolute atomic E-state index is 0.509. The van der Waals surface area contributed by atoms with E-state index >= 15 is 0 Å². The second kappa shape index (κ2) is 5.75. The first-order valence-electron chi connectivity index (χ1n) is 7.01. The number of aromatic nitrogens is 3. The Morgan fingerprint density at radius 1 is 1.21 bits per heavy atom. The molecule has 0 unspecified atom stereocenters.